The van der Waals surface area contributed by atoms with Crippen molar-refractivity contribution >= 4 is 23.8 Å². The van der Waals surface area contributed by atoms with Crippen LogP contribution in [-0.2, 0) is 14.4 Å². The van der Waals surface area contributed by atoms with E-state index in [1.54, 1.807) is 6.07 Å². The number of hydrogen-bond acceptors (Lipinski definition) is 4. The minimum absolute atomic E-state index is 0.0510. The standard InChI is InChI=1S/C17H20N2O4/c1-5-8-23-15-7-6-13(10(2)11(15)3)9-14-16(21)18-19(12(4)20)17(14)22/h6-7,9H,5,8H2,1-4H3,(H,18,21)/b14-9-. The van der Waals surface area contributed by atoms with Crippen LogP contribution in [0.25, 0.3) is 6.08 Å². The van der Waals surface area contributed by atoms with Crippen LogP contribution < -0.4 is 10.2 Å². The highest BCUT2D eigenvalue weighted by Crippen LogP contribution is 2.26. The zero-order valence-electron chi connectivity index (χ0n) is 13.7. The van der Waals surface area contributed by atoms with Crippen LogP contribution in [0.2, 0.25) is 0 Å². The zero-order chi connectivity index (χ0) is 17.1. The van der Waals surface area contributed by atoms with E-state index < -0.39 is 17.7 Å². The van der Waals surface area contributed by atoms with Gasteiger partial charge in [0.1, 0.15) is 11.3 Å². The van der Waals surface area contributed by atoms with Crippen LogP contribution in [0.15, 0.2) is 17.7 Å². The van der Waals surface area contributed by atoms with Crippen molar-refractivity contribution in [2.45, 2.75) is 34.1 Å². The molecule has 1 saturated heterocycles. The molecule has 1 aromatic carbocycles. The first-order valence-electron chi connectivity index (χ1n) is 7.47. The maximum atomic E-state index is 12.1. The van der Waals surface area contributed by atoms with Crippen LogP contribution in [0.5, 0.6) is 5.75 Å². The number of benzene rings is 1. The Morgan fingerprint density at radius 1 is 1.26 bits per heavy atom. The highest BCUT2D eigenvalue weighted by Gasteiger charge is 2.35. The fourth-order valence-corrected chi connectivity index (χ4v) is 2.28. The second-order valence-corrected chi connectivity index (χ2v) is 5.41. The van der Waals surface area contributed by atoms with Crippen molar-refractivity contribution in [2.75, 3.05) is 6.61 Å². The molecule has 2 rings (SSSR count). The molecule has 1 heterocycles. The number of hydrazine groups is 1. The summed E-state index contributed by atoms with van der Waals surface area (Å²) in [6.07, 6.45) is 2.42. The Morgan fingerprint density at radius 3 is 2.52 bits per heavy atom. The first kappa shape index (κ1) is 16.7. The van der Waals surface area contributed by atoms with Crippen LogP contribution in [0, 0.1) is 13.8 Å². The van der Waals surface area contributed by atoms with Crippen molar-refractivity contribution in [1.29, 1.82) is 0 Å². The molecule has 6 heteroatoms. The fraction of sp³-hybridized carbons (Fsp3) is 0.353. The van der Waals surface area contributed by atoms with E-state index in [1.807, 2.05) is 26.8 Å². The zero-order valence-corrected chi connectivity index (χ0v) is 13.7. The minimum Gasteiger partial charge on any atom is -0.493 e. The summed E-state index contributed by atoms with van der Waals surface area (Å²) in [7, 11) is 0. The third-order valence-corrected chi connectivity index (χ3v) is 3.75. The van der Waals surface area contributed by atoms with Gasteiger partial charge in [0, 0.05) is 6.92 Å². The van der Waals surface area contributed by atoms with E-state index in [9.17, 15) is 14.4 Å². The Bertz CT molecular complexity index is 707. The van der Waals surface area contributed by atoms with Gasteiger partial charge in [-0.2, -0.15) is 5.01 Å². The van der Waals surface area contributed by atoms with Crippen molar-refractivity contribution in [3.05, 3.63) is 34.4 Å². The summed E-state index contributed by atoms with van der Waals surface area (Å²) in [4.78, 5) is 35.3. The van der Waals surface area contributed by atoms with E-state index in [1.165, 1.54) is 13.0 Å². The fourth-order valence-electron chi connectivity index (χ4n) is 2.28. The Hall–Kier alpha value is -2.63. The quantitative estimate of drug-likeness (QED) is 0.680. The highest BCUT2D eigenvalue weighted by molar-refractivity contribution is 6.28. The number of amides is 3. The second kappa shape index (κ2) is 6.64. The molecule has 6 nitrogen and oxygen atoms in total. The third-order valence-electron chi connectivity index (χ3n) is 3.75. The Balaban J connectivity index is 2.36. The molecule has 122 valence electrons. The number of carbonyl (C=O) groups is 3. The van der Waals surface area contributed by atoms with Crippen molar-refractivity contribution in [3.8, 4) is 5.75 Å². The van der Waals surface area contributed by atoms with Gasteiger partial charge in [-0.3, -0.25) is 19.8 Å². The maximum absolute atomic E-state index is 12.1. The molecule has 1 aromatic rings. The second-order valence-electron chi connectivity index (χ2n) is 5.41. The van der Waals surface area contributed by atoms with E-state index in [0.29, 0.717) is 6.61 Å². The first-order chi connectivity index (χ1) is 10.9. The monoisotopic (exact) mass is 316 g/mol. The van der Waals surface area contributed by atoms with Crippen molar-refractivity contribution in [1.82, 2.24) is 10.4 Å². The number of imide groups is 1. The summed E-state index contributed by atoms with van der Waals surface area (Å²) >= 11 is 0. The van der Waals surface area contributed by atoms with Crippen LogP contribution in [0.3, 0.4) is 0 Å². The van der Waals surface area contributed by atoms with Crippen molar-refractivity contribution in [2.24, 2.45) is 0 Å². The molecule has 0 bridgehead atoms. The van der Waals surface area contributed by atoms with E-state index >= 15 is 0 Å². The molecule has 0 aliphatic carbocycles. The lowest BCUT2D eigenvalue weighted by Gasteiger charge is -2.12. The van der Waals surface area contributed by atoms with Crippen LogP contribution >= 0.6 is 0 Å². The molecule has 0 saturated carbocycles. The smallest absolute Gasteiger partial charge is 0.285 e. The summed E-state index contributed by atoms with van der Waals surface area (Å²) in [6.45, 7) is 7.72. The summed E-state index contributed by atoms with van der Waals surface area (Å²) in [5, 5.41) is 0.717. The van der Waals surface area contributed by atoms with Gasteiger partial charge in [0.25, 0.3) is 11.8 Å². The molecule has 0 atom stereocenters. The predicted molar refractivity (Wildman–Crippen MR) is 85.3 cm³/mol. The molecule has 1 aliphatic heterocycles. The number of nitrogens with zero attached hydrogens (tertiary/aromatic N) is 1. The summed E-state index contributed by atoms with van der Waals surface area (Å²) in [6, 6.07) is 3.63. The van der Waals surface area contributed by atoms with Gasteiger partial charge in [-0.25, -0.2) is 0 Å². The maximum Gasteiger partial charge on any atom is 0.285 e. The lowest BCUT2D eigenvalue weighted by atomic mass is 10.00. The molecular formula is C17H20N2O4. The summed E-state index contributed by atoms with van der Waals surface area (Å²) < 4.78 is 5.66. The number of carbonyl (C=O) groups excluding carboxylic acids is 3. The van der Waals surface area contributed by atoms with Gasteiger partial charge in [0.15, 0.2) is 0 Å². The number of rotatable bonds is 4. The number of ether oxygens (including phenoxy) is 1. The summed E-state index contributed by atoms with van der Waals surface area (Å²) in [5.74, 6) is -0.943. The summed E-state index contributed by atoms with van der Waals surface area (Å²) in [5.41, 5.74) is 4.83. The average Bonchev–Trinajstić information content (AvgIpc) is 2.79. The normalized spacial score (nSPS) is 16.0. The Morgan fingerprint density at radius 2 is 1.96 bits per heavy atom. The van der Waals surface area contributed by atoms with E-state index in [4.69, 9.17) is 4.74 Å². The van der Waals surface area contributed by atoms with Crippen LogP contribution in [0.1, 0.15) is 37.0 Å². The topological polar surface area (TPSA) is 75.7 Å². The van der Waals surface area contributed by atoms with E-state index in [2.05, 4.69) is 5.43 Å². The van der Waals surface area contributed by atoms with Gasteiger partial charge in [0.05, 0.1) is 6.61 Å². The molecule has 3 amide bonds. The molecule has 1 N–H and O–H groups in total. The largest absolute Gasteiger partial charge is 0.493 e. The molecule has 0 radical (unpaired) electrons. The third kappa shape index (κ3) is 3.26. The lowest BCUT2D eigenvalue weighted by molar-refractivity contribution is -0.143. The van der Waals surface area contributed by atoms with Gasteiger partial charge in [-0.1, -0.05) is 13.0 Å². The Kier molecular flexibility index (Phi) is 4.83. The molecule has 1 fully saturated rings. The van der Waals surface area contributed by atoms with Gasteiger partial charge in [-0.05, 0) is 49.1 Å². The molecular weight excluding hydrogens is 296 g/mol. The molecule has 0 unspecified atom stereocenters. The van der Waals surface area contributed by atoms with Crippen LogP contribution in [-0.4, -0.2) is 29.3 Å². The van der Waals surface area contributed by atoms with Gasteiger partial charge >= 0.3 is 0 Å². The van der Waals surface area contributed by atoms with Gasteiger partial charge < -0.3 is 4.74 Å². The molecule has 0 aromatic heterocycles. The van der Waals surface area contributed by atoms with Crippen molar-refractivity contribution in [3.63, 3.8) is 0 Å². The number of nitrogens with one attached hydrogen (secondary N) is 1. The highest BCUT2D eigenvalue weighted by atomic mass is 16.5. The minimum atomic E-state index is -0.633. The first-order valence-corrected chi connectivity index (χ1v) is 7.47. The average molecular weight is 316 g/mol. The lowest BCUT2D eigenvalue weighted by Crippen LogP contribution is -2.39. The predicted octanol–water partition coefficient (Wildman–Crippen LogP) is 1.90. The van der Waals surface area contributed by atoms with E-state index in [0.717, 1.165) is 33.9 Å². The molecule has 1 aliphatic rings. The van der Waals surface area contributed by atoms with Gasteiger partial charge in [-0.15, -0.1) is 0 Å². The molecule has 23 heavy (non-hydrogen) atoms. The SMILES string of the molecule is CCCOc1ccc(/C=C2/C(=O)NN(C(C)=O)C2=O)c(C)c1C. The molecule has 0 spiro atoms. The van der Waals surface area contributed by atoms with Crippen LogP contribution in [0.4, 0.5) is 0 Å². The Labute approximate surface area is 135 Å². The number of hydrogen-bond donors (Lipinski definition) is 1. The van der Waals surface area contributed by atoms with Gasteiger partial charge in [0.2, 0.25) is 5.91 Å². The van der Waals surface area contributed by atoms with E-state index in [-0.39, 0.29) is 5.57 Å². The van der Waals surface area contributed by atoms with Crippen molar-refractivity contribution < 1.29 is 19.1 Å².